The fourth-order valence-corrected chi connectivity index (χ4v) is 3.05. The van der Waals surface area contributed by atoms with E-state index in [0.717, 1.165) is 17.7 Å². The first kappa shape index (κ1) is 16.6. The third kappa shape index (κ3) is 3.19. The third-order valence-electron chi connectivity index (χ3n) is 3.94. The molecule has 0 unspecified atom stereocenters. The van der Waals surface area contributed by atoms with Crippen molar-refractivity contribution in [1.82, 2.24) is 0 Å². The highest BCUT2D eigenvalue weighted by molar-refractivity contribution is 9.10. The molecule has 1 atom stereocenters. The van der Waals surface area contributed by atoms with Crippen LogP contribution >= 0.6 is 15.9 Å². The maximum atomic E-state index is 13.8. The first-order valence-electron chi connectivity index (χ1n) is 7.52. The van der Waals surface area contributed by atoms with Gasteiger partial charge >= 0.3 is 5.97 Å². The Hall–Kier alpha value is -2.21. The second-order valence-corrected chi connectivity index (χ2v) is 6.46. The Morgan fingerprint density at radius 1 is 1.25 bits per heavy atom. The van der Waals surface area contributed by atoms with Crippen molar-refractivity contribution in [2.75, 3.05) is 11.4 Å². The molecule has 0 fully saturated rings. The Balaban J connectivity index is 1.72. The summed E-state index contributed by atoms with van der Waals surface area (Å²) in [6.07, 6.45) is -0.226. The van der Waals surface area contributed by atoms with Gasteiger partial charge in [0.2, 0.25) is 0 Å². The Labute approximate surface area is 147 Å². The summed E-state index contributed by atoms with van der Waals surface area (Å²) < 4.78 is 19.5. The number of nitrogens with zero attached hydrogens (tertiary/aromatic N) is 1. The lowest BCUT2D eigenvalue weighted by Gasteiger charge is -2.21. The van der Waals surface area contributed by atoms with E-state index in [1.807, 2.05) is 24.3 Å². The Bertz CT molecular complexity index is 809. The summed E-state index contributed by atoms with van der Waals surface area (Å²) in [4.78, 5) is 26.3. The molecule has 1 amide bonds. The van der Waals surface area contributed by atoms with E-state index in [-0.39, 0.29) is 11.5 Å². The predicted molar refractivity (Wildman–Crippen MR) is 91.5 cm³/mol. The van der Waals surface area contributed by atoms with Gasteiger partial charge in [0.15, 0.2) is 6.10 Å². The highest BCUT2D eigenvalue weighted by Gasteiger charge is 2.30. The minimum Gasteiger partial charge on any atom is -0.449 e. The molecule has 2 aromatic carbocycles. The molecule has 24 heavy (non-hydrogen) atoms. The summed E-state index contributed by atoms with van der Waals surface area (Å²) in [5, 5.41) is 0. The maximum Gasteiger partial charge on any atom is 0.341 e. The summed E-state index contributed by atoms with van der Waals surface area (Å²) >= 11 is 3.13. The van der Waals surface area contributed by atoms with E-state index in [0.29, 0.717) is 11.0 Å². The number of hydrogen-bond donors (Lipinski definition) is 0. The smallest absolute Gasteiger partial charge is 0.341 e. The average molecular weight is 392 g/mol. The van der Waals surface area contributed by atoms with Gasteiger partial charge in [-0.05, 0) is 43.2 Å². The second-order valence-electron chi connectivity index (χ2n) is 5.54. The van der Waals surface area contributed by atoms with Gasteiger partial charge in [-0.3, -0.25) is 4.79 Å². The van der Waals surface area contributed by atoms with Gasteiger partial charge in [0, 0.05) is 16.7 Å². The Morgan fingerprint density at radius 3 is 2.75 bits per heavy atom. The molecule has 0 radical (unpaired) electrons. The van der Waals surface area contributed by atoms with E-state index in [9.17, 15) is 14.0 Å². The summed E-state index contributed by atoms with van der Waals surface area (Å²) in [6, 6.07) is 11.7. The lowest BCUT2D eigenvalue weighted by atomic mass is 10.2. The first-order valence-corrected chi connectivity index (χ1v) is 8.32. The van der Waals surface area contributed by atoms with E-state index in [4.69, 9.17) is 4.74 Å². The van der Waals surface area contributed by atoms with Crippen molar-refractivity contribution in [3.05, 3.63) is 63.9 Å². The van der Waals surface area contributed by atoms with Gasteiger partial charge in [-0.1, -0.05) is 34.1 Å². The number of halogens is 2. The molecule has 0 N–H and O–H groups in total. The number of amides is 1. The zero-order valence-corrected chi connectivity index (χ0v) is 14.5. The van der Waals surface area contributed by atoms with Crippen molar-refractivity contribution in [2.45, 2.75) is 19.4 Å². The molecule has 3 rings (SSSR count). The molecule has 124 valence electrons. The fraction of sp³-hybridized carbons (Fsp3) is 0.222. The van der Waals surface area contributed by atoms with Gasteiger partial charge in [-0.25, -0.2) is 9.18 Å². The number of para-hydroxylation sites is 1. The number of ether oxygens (including phenoxy) is 1. The molecule has 0 spiro atoms. The molecular formula is C18H15BrFNO3. The molecule has 0 aromatic heterocycles. The van der Waals surface area contributed by atoms with E-state index in [1.54, 1.807) is 11.0 Å². The predicted octanol–water partition coefficient (Wildman–Crippen LogP) is 3.72. The van der Waals surface area contributed by atoms with Gasteiger partial charge in [-0.15, -0.1) is 0 Å². The van der Waals surface area contributed by atoms with Crippen LogP contribution in [0.4, 0.5) is 10.1 Å². The van der Waals surface area contributed by atoms with E-state index >= 15 is 0 Å². The number of hydrogen-bond acceptors (Lipinski definition) is 3. The van der Waals surface area contributed by atoms with Crippen molar-refractivity contribution in [1.29, 1.82) is 0 Å². The van der Waals surface area contributed by atoms with E-state index < -0.39 is 17.9 Å². The number of fused-ring (bicyclic) bond motifs is 1. The molecule has 0 aliphatic carbocycles. The number of esters is 1. The van der Waals surface area contributed by atoms with Crippen LogP contribution in [0.3, 0.4) is 0 Å². The van der Waals surface area contributed by atoms with Crippen molar-refractivity contribution < 1.29 is 18.7 Å². The summed E-state index contributed by atoms with van der Waals surface area (Å²) in [5.74, 6) is -1.86. The van der Waals surface area contributed by atoms with E-state index in [2.05, 4.69) is 15.9 Å². The Kier molecular flexibility index (Phi) is 4.66. The second kappa shape index (κ2) is 6.73. The van der Waals surface area contributed by atoms with E-state index in [1.165, 1.54) is 19.1 Å². The SMILES string of the molecule is C[C@@H](OC(=O)c1ccc(Br)cc1F)C(=O)N1CCc2ccccc21. The van der Waals surface area contributed by atoms with Crippen molar-refractivity contribution in [3.63, 3.8) is 0 Å². The summed E-state index contributed by atoms with van der Waals surface area (Å²) in [5.41, 5.74) is 1.73. The zero-order chi connectivity index (χ0) is 17.3. The van der Waals surface area contributed by atoms with Gasteiger partial charge < -0.3 is 9.64 Å². The largest absolute Gasteiger partial charge is 0.449 e. The van der Waals surface area contributed by atoms with Crippen LogP contribution in [0.5, 0.6) is 0 Å². The lowest BCUT2D eigenvalue weighted by Crippen LogP contribution is -2.39. The summed E-state index contributed by atoms with van der Waals surface area (Å²) in [7, 11) is 0. The molecule has 0 saturated carbocycles. The molecule has 0 bridgehead atoms. The Morgan fingerprint density at radius 2 is 2.00 bits per heavy atom. The van der Waals surface area contributed by atoms with Crippen LogP contribution in [-0.2, 0) is 16.0 Å². The number of rotatable bonds is 3. The standard InChI is InChI=1S/C18H15BrFNO3/c1-11(24-18(23)14-7-6-13(19)10-15(14)20)17(22)21-9-8-12-4-2-3-5-16(12)21/h2-7,10-11H,8-9H2,1H3/t11-/m1/s1. The van der Waals surface area contributed by atoms with Gasteiger partial charge in [0.25, 0.3) is 5.91 Å². The molecule has 0 saturated heterocycles. The molecule has 1 aliphatic heterocycles. The first-order chi connectivity index (χ1) is 11.5. The number of carbonyl (C=O) groups is 2. The molecule has 6 heteroatoms. The van der Waals surface area contributed by atoms with Gasteiger partial charge in [0.05, 0.1) is 5.56 Å². The van der Waals surface area contributed by atoms with Crippen LogP contribution in [0.25, 0.3) is 0 Å². The van der Waals surface area contributed by atoms with Gasteiger partial charge in [0.1, 0.15) is 5.82 Å². The highest BCUT2D eigenvalue weighted by Crippen LogP contribution is 2.28. The molecule has 1 aliphatic rings. The van der Waals surface area contributed by atoms with Crippen molar-refractivity contribution >= 4 is 33.5 Å². The minimum absolute atomic E-state index is 0.195. The highest BCUT2D eigenvalue weighted by atomic mass is 79.9. The summed E-state index contributed by atoms with van der Waals surface area (Å²) in [6.45, 7) is 2.05. The monoisotopic (exact) mass is 391 g/mol. The number of anilines is 1. The molecule has 1 heterocycles. The quantitative estimate of drug-likeness (QED) is 0.749. The number of benzene rings is 2. The topological polar surface area (TPSA) is 46.6 Å². The molecule has 2 aromatic rings. The fourth-order valence-electron chi connectivity index (χ4n) is 2.72. The molecule has 4 nitrogen and oxygen atoms in total. The van der Waals surface area contributed by atoms with Crippen LogP contribution in [0, 0.1) is 5.82 Å². The minimum atomic E-state index is -0.994. The van der Waals surface area contributed by atoms with Crippen LogP contribution in [0.1, 0.15) is 22.8 Å². The molecular weight excluding hydrogens is 377 g/mol. The van der Waals surface area contributed by atoms with Crippen molar-refractivity contribution in [3.8, 4) is 0 Å². The van der Waals surface area contributed by atoms with Crippen LogP contribution in [-0.4, -0.2) is 24.5 Å². The van der Waals surface area contributed by atoms with Crippen LogP contribution < -0.4 is 4.90 Å². The maximum absolute atomic E-state index is 13.8. The van der Waals surface area contributed by atoms with Gasteiger partial charge in [-0.2, -0.15) is 0 Å². The zero-order valence-electron chi connectivity index (χ0n) is 13.0. The van der Waals surface area contributed by atoms with Crippen molar-refractivity contribution in [2.24, 2.45) is 0 Å². The van der Waals surface area contributed by atoms with Crippen LogP contribution in [0.2, 0.25) is 0 Å². The number of carbonyl (C=O) groups excluding carboxylic acids is 2. The van der Waals surface area contributed by atoms with Crippen LogP contribution in [0.15, 0.2) is 46.9 Å². The average Bonchev–Trinajstić information content (AvgIpc) is 2.97. The normalized spacial score (nSPS) is 14.2. The third-order valence-corrected chi connectivity index (χ3v) is 4.43. The lowest BCUT2D eigenvalue weighted by molar-refractivity contribution is -0.126.